The Morgan fingerprint density at radius 2 is 0.382 bits per heavy atom. The Morgan fingerprint density at radius 3 is 0.539 bits per heavy atom. The molecular weight excluding hydrogens is 953 g/mol. The van der Waals surface area contributed by atoms with Gasteiger partial charge in [-0.15, -0.1) is 0 Å². The molecule has 0 aliphatic carbocycles. The molecule has 4 aromatic carbocycles. The van der Waals surface area contributed by atoms with E-state index in [1.54, 1.807) is 0 Å². The van der Waals surface area contributed by atoms with Crippen LogP contribution in [0.2, 0.25) is 0 Å². The quantitative estimate of drug-likeness (QED) is 0.160. The third-order valence-electron chi connectivity index (χ3n) is 14.3. The van der Waals surface area contributed by atoms with E-state index in [9.17, 15) is 19.2 Å². The third-order valence-corrected chi connectivity index (χ3v) is 14.3. The van der Waals surface area contributed by atoms with Crippen LogP contribution in [0.3, 0.4) is 0 Å². The minimum atomic E-state index is -0.270. The summed E-state index contributed by atoms with van der Waals surface area (Å²) in [5.74, 6) is 0. The Labute approximate surface area is 456 Å². The lowest BCUT2D eigenvalue weighted by molar-refractivity contribution is 0.0936. The summed E-state index contributed by atoms with van der Waals surface area (Å²) in [5.41, 5.74) is 3.90. The molecule has 1 aliphatic rings. The van der Waals surface area contributed by atoms with Crippen LogP contribution in [-0.2, 0) is 45.4 Å². The van der Waals surface area contributed by atoms with Crippen molar-refractivity contribution in [2.75, 3.05) is 52.4 Å². The number of carbonyl (C=O) groups excluding carboxylic acids is 4. The molecule has 1 heterocycles. The van der Waals surface area contributed by atoms with E-state index in [4.69, 9.17) is 18.9 Å². The highest BCUT2D eigenvalue weighted by Gasteiger charge is 2.19. The highest BCUT2D eigenvalue weighted by molar-refractivity contribution is 5.69. The maximum atomic E-state index is 13.5. The summed E-state index contributed by atoms with van der Waals surface area (Å²) in [6, 6.07) is 39.4. The molecule has 0 aromatic heterocycles. The van der Waals surface area contributed by atoms with Crippen LogP contribution in [0.4, 0.5) is 19.2 Å². The van der Waals surface area contributed by atoms with Gasteiger partial charge in [-0.1, -0.05) is 224 Å². The van der Waals surface area contributed by atoms with Crippen LogP contribution in [0.1, 0.15) is 176 Å². The number of ether oxygens (including phenoxy) is 4. The van der Waals surface area contributed by atoms with Gasteiger partial charge in [0.15, 0.2) is 0 Å². The summed E-state index contributed by atoms with van der Waals surface area (Å²) < 4.78 is 23.2. The molecule has 1 fully saturated rings. The van der Waals surface area contributed by atoms with Crippen molar-refractivity contribution in [1.82, 2.24) is 19.6 Å². The lowest BCUT2D eigenvalue weighted by Crippen LogP contribution is -2.34. The molecule has 1 saturated heterocycles. The molecule has 0 spiro atoms. The molecule has 4 aromatic rings. The first kappa shape index (κ1) is 60.8. The van der Waals surface area contributed by atoms with Crippen molar-refractivity contribution in [1.29, 1.82) is 0 Å². The highest BCUT2D eigenvalue weighted by Crippen LogP contribution is 2.17. The van der Waals surface area contributed by atoms with Crippen molar-refractivity contribution < 1.29 is 38.1 Å². The van der Waals surface area contributed by atoms with Gasteiger partial charge in [-0.3, -0.25) is 0 Å². The molecule has 0 unspecified atom stereocenters. The van der Waals surface area contributed by atoms with Crippen molar-refractivity contribution in [3.05, 3.63) is 144 Å². The van der Waals surface area contributed by atoms with Crippen LogP contribution >= 0.6 is 0 Å². The van der Waals surface area contributed by atoms with E-state index in [1.165, 1.54) is 19.3 Å². The predicted molar refractivity (Wildman–Crippen MR) is 304 cm³/mol. The van der Waals surface area contributed by atoms with Gasteiger partial charge in [0, 0.05) is 52.4 Å². The van der Waals surface area contributed by atoms with Crippen LogP contribution in [-0.4, -0.2) is 96.3 Å². The minimum absolute atomic E-state index is 0.244. The zero-order chi connectivity index (χ0) is 53.4. The van der Waals surface area contributed by atoms with E-state index in [0.717, 1.165) is 157 Å². The van der Waals surface area contributed by atoms with Crippen molar-refractivity contribution in [2.24, 2.45) is 0 Å². The summed E-state index contributed by atoms with van der Waals surface area (Å²) >= 11 is 0. The van der Waals surface area contributed by atoms with Gasteiger partial charge in [-0.05, 0) is 73.6 Å². The van der Waals surface area contributed by atoms with Crippen molar-refractivity contribution in [2.45, 2.75) is 181 Å². The average molecular weight is 1050 g/mol. The Kier molecular flexibility index (Phi) is 31.5. The molecule has 0 radical (unpaired) electrons. The van der Waals surface area contributed by atoms with E-state index in [0.29, 0.717) is 52.4 Å². The molecule has 0 bridgehead atoms. The Hall–Kier alpha value is -6.04. The van der Waals surface area contributed by atoms with Gasteiger partial charge < -0.3 is 38.5 Å². The largest absolute Gasteiger partial charge is 0.445 e. The normalized spacial score (nSPS) is 17.2. The van der Waals surface area contributed by atoms with Crippen LogP contribution in [0.15, 0.2) is 121 Å². The fourth-order valence-electron chi connectivity index (χ4n) is 9.67. The highest BCUT2D eigenvalue weighted by atomic mass is 16.6. The van der Waals surface area contributed by atoms with Crippen molar-refractivity contribution in [3.8, 4) is 0 Å². The van der Waals surface area contributed by atoms with E-state index in [2.05, 4.69) is 0 Å². The minimum Gasteiger partial charge on any atom is -0.445 e. The number of hydrogen-bond donors (Lipinski definition) is 0. The summed E-state index contributed by atoms with van der Waals surface area (Å²) in [6.07, 6.45) is 23.2. The van der Waals surface area contributed by atoms with Gasteiger partial charge >= 0.3 is 24.4 Å². The van der Waals surface area contributed by atoms with Gasteiger partial charge in [0.1, 0.15) is 26.4 Å². The number of amides is 4. The van der Waals surface area contributed by atoms with Gasteiger partial charge in [0.25, 0.3) is 0 Å². The number of nitrogens with zero attached hydrogens (tertiary/aromatic N) is 4. The smallest absolute Gasteiger partial charge is 0.410 e. The molecule has 12 heteroatoms. The molecule has 0 N–H and O–H groups in total. The van der Waals surface area contributed by atoms with E-state index < -0.39 is 0 Å². The topological polar surface area (TPSA) is 118 Å². The van der Waals surface area contributed by atoms with Crippen LogP contribution in [0.25, 0.3) is 0 Å². The first-order chi connectivity index (χ1) is 37.4. The zero-order valence-electron chi connectivity index (χ0n) is 46.1. The molecule has 76 heavy (non-hydrogen) atoms. The lowest BCUT2D eigenvalue weighted by atomic mass is 10.1. The SMILES string of the molecule is O=C(OCc1ccccc1)N1CCCCCCCCCCCN(C(=O)OCc2ccccc2)CCCCCCCN(C(=O)OCc2ccccc2)CCCCCCCN(C(=O)OCc2ccccc2)CCCCCCC1. The number of benzene rings is 4. The Bertz CT molecular complexity index is 1970. The summed E-state index contributed by atoms with van der Waals surface area (Å²) in [7, 11) is 0. The second-order valence-electron chi connectivity index (χ2n) is 20.6. The fraction of sp³-hybridized carbons (Fsp3) is 0.562. The molecule has 1 aliphatic heterocycles. The van der Waals surface area contributed by atoms with E-state index in [-0.39, 0.29) is 50.8 Å². The van der Waals surface area contributed by atoms with Gasteiger partial charge in [-0.25, -0.2) is 19.2 Å². The Balaban J connectivity index is 1.15. The lowest BCUT2D eigenvalue weighted by Gasteiger charge is -2.23. The van der Waals surface area contributed by atoms with Crippen molar-refractivity contribution >= 4 is 24.4 Å². The monoisotopic (exact) mass is 1040 g/mol. The van der Waals surface area contributed by atoms with Crippen LogP contribution in [0, 0.1) is 0 Å². The molecule has 0 atom stereocenters. The Morgan fingerprint density at radius 1 is 0.237 bits per heavy atom. The third kappa shape index (κ3) is 27.1. The van der Waals surface area contributed by atoms with Gasteiger partial charge in [-0.2, -0.15) is 0 Å². The second-order valence-corrected chi connectivity index (χ2v) is 20.6. The molecule has 5 rings (SSSR count). The maximum absolute atomic E-state index is 13.5. The van der Waals surface area contributed by atoms with Crippen molar-refractivity contribution in [3.63, 3.8) is 0 Å². The molecule has 416 valence electrons. The molecule has 0 saturated carbocycles. The zero-order valence-corrected chi connectivity index (χ0v) is 46.1. The van der Waals surface area contributed by atoms with E-state index in [1.807, 2.05) is 141 Å². The summed E-state index contributed by atoms with van der Waals surface area (Å²) in [4.78, 5) is 61.3. The fourth-order valence-corrected chi connectivity index (χ4v) is 9.67. The average Bonchev–Trinajstić information content (AvgIpc) is 3.45. The molecular formula is C64H92N4O8. The number of hydrogen-bond acceptors (Lipinski definition) is 8. The van der Waals surface area contributed by atoms with Crippen LogP contribution in [0.5, 0.6) is 0 Å². The first-order valence-electron chi connectivity index (χ1n) is 29.3. The predicted octanol–water partition coefficient (Wildman–Crippen LogP) is 15.9. The number of carbonyl (C=O) groups is 4. The molecule has 4 amide bonds. The second kappa shape index (κ2) is 39.4. The van der Waals surface area contributed by atoms with Gasteiger partial charge in [0.2, 0.25) is 0 Å². The summed E-state index contributed by atoms with van der Waals surface area (Å²) in [6.45, 7) is 6.34. The maximum Gasteiger partial charge on any atom is 0.410 e. The summed E-state index contributed by atoms with van der Waals surface area (Å²) in [5, 5.41) is 0. The standard InChI is InChI=1S/C64H92N4O8/c69-61(73-53-57-37-21-17-22-38-57)65-45-29-9-4-2-1-3-5-10-30-46-66(62(70)74-54-58-39-23-18-24-40-58)48-32-12-7-14-34-50-68(64(72)76-56-60-43-27-20-28-44-60)52-36-16-8-15-35-51-67(49-33-13-6-11-31-47-65)63(71)75-55-59-41-25-19-26-42-59/h17-28,37-44H,1-16,29-36,45-56H2. The van der Waals surface area contributed by atoms with Gasteiger partial charge in [0.05, 0.1) is 0 Å². The van der Waals surface area contributed by atoms with Crippen LogP contribution < -0.4 is 0 Å². The van der Waals surface area contributed by atoms with E-state index >= 15 is 0 Å². The number of rotatable bonds is 8. The molecule has 12 nitrogen and oxygen atoms in total. The first-order valence-corrected chi connectivity index (χ1v) is 29.3.